The van der Waals surface area contributed by atoms with Crippen LogP contribution in [0.15, 0.2) is 58.4 Å². The van der Waals surface area contributed by atoms with Crippen molar-refractivity contribution in [3.8, 4) is 0 Å². The number of ketones is 1. The first-order valence-electron chi connectivity index (χ1n) is 7.94. The average Bonchev–Trinajstić information content (AvgIpc) is 3.18. The van der Waals surface area contributed by atoms with Gasteiger partial charge in [0.1, 0.15) is 0 Å². The number of nitrogens with zero attached hydrogens (tertiary/aromatic N) is 1. The molecule has 1 atom stereocenters. The van der Waals surface area contributed by atoms with Crippen LogP contribution in [-0.2, 0) is 4.79 Å². The van der Waals surface area contributed by atoms with Crippen LogP contribution in [0.3, 0.4) is 0 Å². The van der Waals surface area contributed by atoms with Gasteiger partial charge >= 0.3 is 0 Å². The third kappa shape index (κ3) is 2.52. The van der Waals surface area contributed by atoms with Crippen LogP contribution in [0.25, 0.3) is 0 Å². The van der Waals surface area contributed by atoms with E-state index in [1.807, 2.05) is 38.1 Å². The van der Waals surface area contributed by atoms with Crippen LogP contribution in [0, 0.1) is 6.92 Å². The van der Waals surface area contributed by atoms with Gasteiger partial charge in [-0.05, 0) is 36.6 Å². The van der Waals surface area contributed by atoms with Crippen molar-refractivity contribution in [1.82, 2.24) is 4.90 Å². The van der Waals surface area contributed by atoms with Gasteiger partial charge in [-0.1, -0.05) is 31.2 Å². The molecular weight excluding hydrogens is 306 g/mol. The molecule has 0 fully saturated rings. The first-order chi connectivity index (χ1) is 11.6. The molecule has 1 unspecified atom stereocenters. The number of carbonyl (C=O) groups excluding carboxylic acids is 2. The predicted octanol–water partition coefficient (Wildman–Crippen LogP) is 3.58. The summed E-state index contributed by atoms with van der Waals surface area (Å²) in [6.07, 6.45) is 2.12. The predicted molar refractivity (Wildman–Crippen MR) is 88.6 cm³/mol. The zero-order chi connectivity index (χ0) is 17.3. The topological polar surface area (TPSA) is 70.8 Å². The number of Topliss-reactive ketones (excluding diaryl/α,β-unsaturated/α-hetero) is 1. The largest absolute Gasteiger partial charge is 0.503 e. The molecule has 5 heteroatoms. The van der Waals surface area contributed by atoms with Gasteiger partial charge in [-0.25, -0.2) is 0 Å². The van der Waals surface area contributed by atoms with Crippen molar-refractivity contribution < 1.29 is 19.1 Å². The number of rotatable bonds is 5. The molecule has 0 radical (unpaired) electrons. The highest BCUT2D eigenvalue weighted by molar-refractivity contribution is 6.15. The molecule has 0 spiro atoms. The van der Waals surface area contributed by atoms with Gasteiger partial charge in [0.15, 0.2) is 11.5 Å². The minimum absolute atomic E-state index is 0.0812. The lowest BCUT2D eigenvalue weighted by Gasteiger charge is -2.27. The number of hydrogen-bond donors (Lipinski definition) is 1. The van der Waals surface area contributed by atoms with Crippen LogP contribution in [0.2, 0.25) is 0 Å². The Balaban J connectivity index is 2.14. The monoisotopic (exact) mass is 325 g/mol. The third-order valence-electron chi connectivity index (χ3n) is 4.24. The molecule has 0 bridgehead atoms. The summed E-state index contributed by atoms with van der Waals surface area (Å²) in [5.74, 6) is -1.35. The van der Waals surface area contributed by atoms with Crippen molar-refractivity contribution in [2.24, 2.45) is 0 Å². The van der Waals surface area contributed by atoms with Gasteiger partial charge in [-0.15, -0.1) is 0 Å². The quantitative estimate of drug-likeness (QED) is 0.853. The van der Waals surface area contributed by atoms with Crippen LogP contribution in [-0.4, -0.2) is 28.2 Å². The van der Waals surface area contributed by atoms with Gasteiger partial charge in [0, 0.05) is 6.54 Å². The number of aliphatic hydroxyl groups is 1. The zero-order valence-corrected chi connectivity index (χ0v) is 13.7. The van der Waals surface area contributed by atoms with E-state index < -0.39 is 23.5 Å². The number of amides is 1. The summed E-state index contributed by atoms with van der Waals surface area (Å²) in [7, 11) is 0. The number of benzene rings is 1. The van der Waals surface area contributed by atoms with Gasteiger partial charge in [-0.3, -0.25) is 9.59 Å². The van der Waals surface area contributed by atoms with E-state index in [0.29, 0.717) is 6.54 Å². The molecule has 1 aromatic carbocycles. The van der Waals surface area contributed by atoms with E-state index in [9.17, 15) is 14.7 Å². The molecule has 0 saturated heterocycles. The third-order valence-corrected chi connectivity index (χ3v) is 4.24. The molecule has 1 aromatic heterocycles. The number of furan rings is 1. The highest BCUT2D eigenvalue weighted by Gasteiger charge is 2.44. The second kappa shape index (κ2) is 6.35. The zero-order valence-electron chi connectivity index (χ0n) is 13.7. The molecule has 5 nitrogen and oxygen atoms in total. The first kappa shape index (κ1) is 16.1. The normalized spacial score (nSPS) is 17.7. The number of aryl methyl sites for hydroxylation is 1. The van der Waals surface area contributed by atoms with Crippen LogP contribution >= 0.6 is 0 Å². The van der Waals surface area contributed by atoms with Crippen molar-refractivity contribution in [3.63, 3.8) is 0 Å². The van der Waals surface area contributed by atoms with E-state index >= 15 is 0 Å². The van der Waals surface area contributed by atoms with E-state index in [4.69, 9.17) is 4.42 Å². The second-order valence-electron chi connectivity index (χ2n) is 5.83. The van der Waals surface area contributed by atoms with Crippen LogP contribution in [0.4, 0.5) is 0 Å². The van der Waals surface area contributed by atoms with E-state index in [1.165, 1.54) is 12.3 Å². The molecule has 1 aliphatic rings. The van der Waals surface area contributed by atoms with Gasteiger partial charge in [0.05, 0.1) is 17.9 Å². The minimum atomic E-state index is -0.601. The Kier molecular flexibility index (Phi) is 4.25. The van der Waals surface area contributed by atoms with Crippen molar-refractivity contribution in [2.75, 3.05) is 6.54 Å². The number of carbonyl (C=O) groups is 2. The van der Waals surface area contributed by atoms with Crippen LogP contribution in [0.1, 0.15) is 41.1 Å². The summed E-state index contributed by atoms with van der Waals surface area (Å²) in [6.45, 7) is 4.33. The van der Waals surface area contributed by atoms with Crippen LogP contribution < -0.4 is 0 Å². The van der Waals surface area contributed by atoms with Crippen molar-refractivity contribution >= 4 is 11.7 Å². The van der Waals surface area contributed by atoms with Crippen LogP contribution in [0.5, 0.6) is 0 Å². The summed E-state index contributed by atoms with van der Waals surface area (Å²) in [5.41, 5.74) is 1.87. The lowest BCUT2D eigenvalue weighted by Crippen LogP contribution is -2.32. The first-order valence-corrected chi connectivity index (χ1v) is 7.94. The molecule has 1 amide bonds. The maximum atomic E-state index is 12.8. The summed E-state index contributed by atoms with van der Waals surface area (Å²) < 4.78 is 5.18. The van der Waals surface area contributed by atoms with E-state index in [1.54, 1.807) is 11.0 Å². The van der Waals surface area contributed by atoms with Gasteiger partial charge in [0.25, 0.3) is 5.91 Å². The Bertz CT molecular complexity index is 805. The fraction of sp³-hybridized carbons (Fsp3) is 0.263. The fourth-order valence-corrected chi connectivity index (χ4v) is 3.11. The Hall–Kier alpha value is -2.82. The maximum Gasteiger partial charge on any atom is 0.290 e. The molecular formula is C19H19NO4. The highest BCUT2D eigenvalue weighted by atomic mass is 16.3. The maximum absolute atomic E-state index is 12.8. The second-order valence-corrected chi connectivity index (χ2v) is 5.83. The van der Waals surface area contributed by atoms with Gasteiger partial charge < -0.3 is 14.4 Å². The molecule has 1 N–H and O–H groups in total. The van der Waals surface area contributed by atoms with Crippen molar-refractivity contribution in [3.05, 3.63) is 70.9 Å². The Morgan fingerprint density at radius 2 is 2.00 bits per heavy atom. The Morgan fingerprint density at radius 3 is 2.62 bits per heavy atom. The van der Waals surface area contributed by atoms with E-state index in [0.717, 1.165) is 17.5 Å². The summed E-state index contributed by atoms with van der Waals surface area (Å²) >= 11 is 0. The Morgan fingerprint density at radius 1 is 1.25 bits per heavy atom. The standard InChI is InChI=1S/C19H19NO4/c1-3-10-20-16(13-8-5-4-7-12(13)2)15(18(22)19(20)23)17(21)14-9-6-11-24-14/h4-9,11,16,22H,3,10H2,1-2H3. The molecule has 124 valence electrons. The summed E-state index contributed by atoms with van der Waals surface area (Å²) in [5, 5.41) is 10.4. The lowest BCUT2D eigenvalue weighted by molar-refractivity contribution is -0.129. The average molecular weight is 325 g/mol. The number of hydrogen-bond acceptors (Lipinski definition) is 4. The molecule has 24 heavy (non-hydrogen) atoms. The van der Waals surface area contributed by atoms with Crippen molar-refractivity contribution in [1.29, 1.82) is 0 Å². The molecule has 0 aliphatic carbocycles. The molecule has 2 heterocycles. The minimum Gasteiger partial charge on any atom is -0.503 e. The smallest absolute Gasteiger partial charge is 0.290 e. The highest BCUT2D eigenvalue weighted by Crippen LogP contribution is 2.40. The van der Waals surface area contributed by atoms with Gasteiger partial charge in [-0.2, -0.15) is 0 Å². The Labute approximate surface area is 140 Å². The number of aliphatic hydroxyl groups excluding tert-OH is 1. The lowest BCUT2D eigenvalue weighted by atomic mass is 9.92. The summed E-state index contributed by atoms with van der Waals surface area (Å²) in [6, 6.07) is 10.1. The van der Waals surface area contributed by atoms with Gasteiger partial charge in [0.2, 0.25) is 5.78 Å². The molecule has 0 saturated carbocycles. The van der Waals surface area contributed by atoms with E-state index in [2.05, 4.69) is 0 Å². The SMILES string of the molecule is CCCN1C(=O)C(O)=C(C(=O)c2ccco2)C1c1ccccc1C. The fourth-order valence-electron chi connectivity index (χ4n) is 3.11. The molecule has 1 aliphatic heterocycles. The van der Waals surface area contributed by atoms with E-state index in [-0.39, 0.29) is 11.3 Å². The van der Waals surface area contributed by atoms with Crippen molar-refractivity contribution in [2.45, 2.75) is 26.3 Å². The summed E-state index contributed by atoms with van der Waals surface area (Å²) in [4.78, 5) is 26.9. The molecule has 3 rings (SSSR count). The molecule has 2 aromatic rings.